The number of hydrogen-bond acceptors (Lipinski definition) is 5. The van der Waals surface area contributed by atoms with E-state index < -0.39 is 0 Å². The van der Waals surface area contributed by atoms with Gasteiger partial charge in [0.15, 0.2) is 0 Å². The molecule has 0 aliphatic rings. The quantitative estimate of drug-likeness (QED) is 0.686. The number of carbonyl (C=O) groups excluding carboxylic acids is 1. The first kappa shape index (κ1) is 16.4. The maximum Gasteiger partial charge on any atom is 0.227 e. The molecule has 1 aromatic carbocycles. The molecule has 0 N–H and O–H groups in total. The van der Waals surface area contributed by atoms with E-state index in [1.807, 2.05) is 42.1 Å². The van der Waals surface area contributed by atoms with Crippen LogP contribution in [-0.4, -0.2) is 28.0 Å². The molecular formula is C18H19N3O2S. The first-order chi connectivity index (χ1) is 11.6. The number of aromatic nitrogens is 2. The second-order valence-corrected chi connectivity index (χ2v) is 6.48. The van der Waals surface area contributed by atoms with Gasteiger partial charge < -0.3 is 9.42 Å². The zero-order valence-corrected chi connectivity index (χ0v) is 14.5. The van der Waals surface area contributed by atoms with E-state index in [1.54, 1.807) is 16.2 Å². The van der Waals surface area contributed by atoms with Crippen molar-refractivity contribution in [3.63, 3.8) is 0 Å². The molecule has 1 amide bonds. The van der Waals surface area contributed by atoms with E-state index in [2.05, 4.69) is 23.1 Å². The molecule has 0 aliphatic heterocycles. The van der Waals surface area contributed by atoms with Gasteiger partial charge in [0.25, 0.3) is 0 Å². The Morgan fingerprint density at radius 3 is 2.88 bits per heavy atom. The number of hydrogen-bond donors (Lipinski definition) is 0. The third-order valence-corrected chi connectivity index (χ3v) is 4.58. The van der Waals surface area contributed by atoms with Gasteiger partial charge in [-0.1, -0.05) is 29.4 Å². The fraction of sp³-hybridized carbons (Fsp3) is 0.278. The Labute approximate surface area is 144 Å². The Kier molecular flexibility index (Phi) is 5.05. The lowest BCUT2D eigenvalue weighted by atomic mass is 10.1. The average molecular weight is 341 g/mol. The van der Waals surface area contributed by atoms with Crippen molar-refractivity contribution >= 4 is 17.2 Å². The average Bonchev–Trinajstić information content (AvgIpc) is 3.25. The Morgan fingerprint density at radius 2 is 2.12 bits per heavy atom. The topological polar surface area (TPSA) is 59.2 Å². The van der Waals surface area contributed by atoms with Gasteiger partial charge in [-0.25, -0.2) is 0 Å². The van der Waals surface area contributed by atoms with Gasteiger partial charge in [-0.2, -0.15) is 16.3 Å². The van der Waals surface area contributed by atoms with Crippen LogP contribution in [0.3, 0.4) is 0 Å². The number of amides is 1. The summed E-state index contributed by atoms with van der Waals surface area (Å²) in [6, 6.07) is 10.0. The Hall–Kier alpha value is -2.47. The molecule has 0 atom stereocenters. The lowest BCUT2D eigenvalue weighted by Gasteiger charge is -2.18. The second-order valence-electron chi connectivity index (χ2n) is 5.70. The van der Waals surface area contributed by atoms with Crippen LogP contribution in [0.25, 0.3) is 11.4 Å². The maximum absolute atomic E-state index is 12.3. The molecule has 0 aliphatic carbocycles. The van der Waals surface area contributed by atoms with Crippen molar-refractivity contribution < 1.29 is 9.32 Å². The van der Waals surface area contributed by atoms with Crippen LogP contribution in [0.1, 0.15) is 23.4 Å². The molecule has 0 radical (unpaired) electrons. The third-order valence-electron chi connectivity index (χ3n) is 3.89. The number of thiophene rings is 1. The summed E-state index contributed by atoms with van der Waals surface area (Å²) in [6.07, 6.45) is 0.807. The number of aryl methyl sites for hydroxylation is 2. The molecular weight excluding hydrogens is 322 g/mol. The summed E-state index contributed by atoms with van der Waals surface area (Å²) in [4.78, 5) is 18.4. The van der Waals surface area contributed by atoms with Crippen molar-refractivity contribution in [3.8, 4) is 11.4 Å². The molecule has 124 valence electrons. The predicted octanol–water partition coefficient (Wildman–Crippen LogP) is 3.70. The molecule has 0 saturated carbocycles. The van der Waals surface area contributed by atoms with Crippen LogP contribution < -0.4 is 0 Å². The monoisotopic (exact) mass is 341 g/mol. The summed E-state index contributed by atoms with van der Waals surface area (Å²) < 4.78 is 5.23. The molecule has 0 bridgehead atoms. The van der Waals surface area contributed by atoms with E-state index in [1.165, 1.54) is 5.56 Å². The van der Waals surface area contributed by atoms with Gasteiger partial charge in [-0.05, 0) is 29.5 Å². The van der Waals surface area contributed by atoms with Crippen LogP contribution in [0.4, 0.5) is 0 Å². The minimum Gasteiger partial charge on any atom is -0.341 e. The predicted molar refractivity (Wildman–Crippen MR) is 93.6 cm³/mol. The fourth-order valence-corrected chi connectivity index (χ4v) is 3.04. The maximum atomic E-state index is 12.3. The van der Waals surface area contributed by atoms with E-state index >= 15 is 0 Å². The second kappa shape index (κ2) is 7.40. The SMILES string of the molecule is Cc1ccccc1CN(C)C(=O)CCc1nc(-c2ccsc2)no1. The highest BCUT2D eigenvalue weighted by molar-refractivity contribution is 7.08. The third kappa shape index (κ3) is 3.89. The number of nitrogens with zero attached hydrogens (tertiary/aromatic N) is 3. The molecule has 0 unspecified atom stereocenters. The van der Waals surface area contributed by atoms with Gasteiger partial charge in [0.1, 0.15) is 0 Å². The zero-order valence-electron chi connectivity index (χ0n) is 13.7. The highest BCUT2D eigenvalue weighted by Crippen LogP contribution is 2.19. The van der Waals surface area contributed by atoms with Crippen molar-refractivity contribution in [2.45, 2.75) is 26.3 Å². The van der Waals surface area contributed by atoms with Crippen molar-refractivity contribution in [1.29, 1.82) is 0 Å². The van der Waals surface area contributed by atoms with Gasteiger partial charge in [0.05, 0.1) is 0 Å². The highest BCUT2D eigenvalue weighted by atomic mass is 32.1. The van der Waals surface area contributed by atoms with E-state index in [0.29, 0.717) is 31.1 Å². The van der Waals surface area contributed by atoms with E-state index in [9.17, 15) is 4.79 Å². The van der Waals surface area contributed by atoms with Gasteiger partial charge in [-0.3, -0.25) is 4.79 Å². The molecule has 24 heavy (non-hydrogen) atoms. The molecule has 0 fully saturated rings. The van der Waals surface area contributed by atoms with Gasteiger partial charge in [-0.15, -0.1) is 0 Å². The molecule has 2 heterocycles. The van der Waals surface area contributed by atoms with Crippen LogP contribution in [-0.2, 0) is 17.8 Å². The summed E-state index contributed by atoms with van der Waals surface area (Å²) in [5.74, 6) is 1.13. The first-order valence-corrected chi connectivity index (χ1v) is 8.71. The molecule has 3 rings (SSSR count). The van der Waals surface area contributed by atoms with Crippen LogP contribution in [0.15, 0.2) is 45.6 Å². The molecule has 6 heteroatoms. The van der Waals surface area contributed by atoms with Gasteiger partial charge in [0.2, 0.25) is 17.6 Å². The van der Waals surface area contributed by atoms with Crippen LogP contribution in [0.2, 0.25) is 0 Å². The standard InChI is InChI=1S/C18H19N3O2S/c1-13-5-3-4-6-14(13)11-21(2)17(22)8-7-16-19-18(20-23-16)15-9-10-24-12-15/h3-6,9-10,12H,7-8,11H2,1-2H3. The lowest BCUT2D eigenvalue weighted by molar-refractivity contribution is -0.130. The normalized spacial score (nSPS) is 10.8. The minimum atomic E-state index is 0.0635. The molecule has 0 spiro atoms. The van der Waals surface area contributed by atoms with Crippen LogP contribution in [0.5, 0.6) is 0 Å². The van der Waals surface area contributed by atoms with Crippen molar-refractivity contribution in [2.75, 3.05) is 7.05 Å². The Morgan fingerprint density at radius 1 is 1.29 bits per heavy atom. The number of benzene rings is 1. The number of carbonyl (C=O) groups is 1. The summed E-state index contributed by atoms with van der Waals surface area (Å²) in [6.45, 7) is 2.66. The molecule has 3 aromatic rings. The number of rotatable bonds is 6. The molecule has 2 aromatic heterocycles. The highest BCUT2D eigenvalue weighted by Gasteiger charge is 2.14. The summed E-state index contributed by atoms with van der Waals surface area (Å²) in [7, 11) is 1.82. The van der Waals surface area contributed by atoms with E-state index in [0.717, 1.165) is 11.1 Å². The molecule has 5 nitrogen and oxygen atoms in total. The van der Waals surface area contributed by atoms with Crippen LogP contribution in [0, 0.1) is 6.92 Å². The summed E-state index contributed by atoms with van der Waals surface area (Å²) in [5.41, 5.74) is 3.29. The largest absolute Gasteiger partial charge is 0.341 e. The lowest BCUT2D eigenvalue weighted by Crippen LogP contribution is -2.26. The van der Waals surface area contributed by atoms with Crippen LogP contribution >= 0.6 is 11.3 Å². The van der Waals surface area contributed by atoms with Gasteiger partial charge >= 0.3 is 0 Å². The van der Waals surface area contributed by atoms with Gasteiger partial charge in [0, 0.05) is 37.4 Å². The molecule has 0 saturated heterocycles. The zero-order chi connectivity index (χ0) is 16.9. The first-order valence-electron chi connectivity index (χ1n) is 7.77. The fourth-order valence-electron chi connectivity index (χ4n) is 2.40. The van der Waals surface area contributed by atoms with Crippen molar-refractivity contribution in [1.82, 2.24) is 15.0 Å². The minimum absolute atomic E-state index is 0.0635. The van der Waals surface area contributed by atoms with E-state index in [4.69, 9.17) is 4.52 Å². The Balaban J connectivity index is 1.54. The van der Waals surface area contributed by atoms with E-state index in [-0.39, 0.29) is 5.91 Å². The van der Waals surface area contributed by atoms with Crippen molar-refractivity contribution in [2.24, 2.45) is 0 Å². The van der Waals surface area contributed by atoms with Crippen molar-refractivity contribution in [3.05, 3.63) is 58.1 Å². The summed E-state index contributed by atoms with van der Waals surface area (Å²) >= 11 is 1.59. The summed E-state index contributed by atoms with van der Waals surface area (Å²) in [5, 5.41) is 7.89. The smallest absolute Gasteiger partial charge is 0.227 e. The Bertz CT molecular complexity index is 811.